The van der Waals surface area contributed by atoms with Crippen LogP contribution in [0.15, 0.2) is 72.0 Å². The van der Waals surface area contributed by atoms with E-state index in [1.807, 2.05) is 67.4 Å². The summed E-state index contributed by atoms with van der Waals surface area (Å²) in [4.78, 5) is 6.81. The topological polar surface area (TPSA) is 54.7 Å². The van der Waals surface area contributed by atoms with Gasteiger partial charge < -0.3 is 15.0 Å². The standard InChI is InChI=1S/C23H27N5O.HI/c1-24-23(28-12-11-19(17-28)20-15-26-27(2)16-20)25-14-18-7-6-10-22(13-18)29-21-8-4-3-5-9-21;/h3-10,13,15-16,19H,11-12,14,17H2,1-2H3,(H,24,25);1H. The zero-order valence-corrected chi connectivity index (χ0v) is 19.7. The summed E-state index contributed by atoms with van der Waals surface area (Å²) in [7, 11) is 3.81. The zero-order chi connectivity index (χ0) is 20.1. The lowest BCUT2D eigenvalue weighted by atomic mass is 10.0. The van der Waals surface area contributed by atoms with E-state index in [4.69, 9.17) is 4.74 Å². The maximum absolute atomic E-state index is 5.94. The second-order valence-corrected chi connectivity index (χ2v) is 7.34. The van der Waals surface area contributed by atoms with Gasteiger partial charge in [0.05, 0.1) is 6.20 Å². The van der Waals surface area contributed by atoms with Gasteiger partial charge in [-0.25, -0.2) is 0 Å². The number of nitrogens with one attached hydrogen (secondary N) is 1. The van der Waals surface area contributed by atoms with E-state index in [9.17, 15) is 0 Å². The molecule has 158 valence electrons. The first-order valence-electron chi connectivity index (χ1n) is 9.97. The summed E-state index contributed by atoms with van der Waals surface area (Å²) in [5, 5.41) is 7.80. The molecule has 0 bridgehead atoms. The Kier molecular flexibility index (Phi) is 7.73. The molecule has 0 aliphatic carbocycles. The maximum Gasteiger partial charge on any atom is 0.193 e. The highest BCUT2D eigenvalue weighted by Crippen LogP contribution is 2.27. The van der Waals surface area contributed by atoms with Crippen molar-refractivity contribution in [3.8, 4) is 11.5 Å². The number of ether oxygens (including phenoxy) is 1. The van der Waals surface area contributed by atoms with Crippen LogP contribution in [0.1, 0.15) is 23.5 Å². The van der Waals surface area contributed by atoms with Crippen LogP contribution in [0.4, 0.5) is 0 Å². The molecule has 0 radical (unpaired) electrons. The molecule has 1 N–H and O–H groups in total. The van der Waals surface area contributed by atoms with E-state index < -0.39 is 0 Å². The van der Waals surface area contributed by atoms with Gasteiger partial charge in [0.25, 0.3) is 0 Å². The minimum absolute atomic E-state index is 0. The lowest BCUT2D eigenvalue weighted by Crippen LogP contribution is -2.39. The molecule has 6 nitrogen and oxygen atoms in total. The highest BCUT2D eigenvalue weighted by Gasteiger charge is 2.26. The van der Waals surface area contributed by atoms with Gasteiger partial charge in [-0.15, -0.1) is 24.0 Å². The Hall–Kier alpha value is -2.55. The summed E-state index contributed by atoms with van der Waals surface area (Å²) < 4.78 is 7.81. The van der Waals surface area contributed by atoms with Crippen LogP contribution in [0.3, 0.4) is 0 Å². The fourth-order valence-corrected chi connectivity index (χ4v) is 3.73. The number of aromatic nitrogens is 2. The van der Waals surface area contributed by atoms with Crippen molar-refractivity contribution in [2.75, 3.05) is 20.1 Å². The number of nitrogens with zero attached hydrogens (tertiary/aromatic N) is 4. The minimum atomic E-state index is 0. The van der Waals surface area contributed by atoms with Gasteiger partial charge in [0.15, 0.2) is 5.96 Å². The van der Waals surface area contributed by atoms with Crippen molar-refractivity contribution in [3.63, 3.8) is 0 Å². The number of rotatable bonds is 5. The van der Waals surface area contributed by atoms with Crippen molar-refractivity contribution >= 4 is 29.9 Å². The molecule has 3 aromatic rings. The molecule has 30 heavy (non-hydrogen) atoms. The van der Waals surface area contributed by atoms with Gasteiger partial charge in [0.1, 0.15) is 11.5 Å². The second kappa shape index (κ2) is 10.5. The molecule has 1 aromatic heterocycles. The van der Waals surface area contributed by atoms with Gasteiger partial charge in [-0.3, -0.25) is 9.67 Å². The summed E-state index contributed by atoms with van der Waals surface area (Å²) in [6.45, 7) is 2.66. The summed E-state index contributed by atoms with van der Waals surface area (Å²) in [6, 6.07) is 18.0. The monoisotopic (exact) mass is 517 g/mol. The predicted molar refractivity (Wildman–Crippen MR) is 131 cm³/mol. The number of para-hydroxylation sites is 1. The van der Waals surface area contributed by atoms with Gasteiger partial charge >= 0.3 is 0 Å². The largest absolute Gasteiger partial charge is 0.457 e. The number of hydrogen-bond acceptors (Lipinski definition) is 3. The van der Waals surface area contributed by atoms with E-state index in [-0.39, 0.29) is 24.0 Å². The molecule has 1 atom stereocenters. The molecule has 0 amide bonds. The van der Waals surface area contributed by atoms with Crippen molar-refractivity contribution in [1.82, 2.24) is 20.0 Å². The van der Waals surface area contributed by atoms with Crippen LogP contribution < -0.4 is 10.1 Å². The summed E-state index contributed by atoms with van der Waals surface area (Å²) in [6.07, 6.45) is 5.21. The average molecular weight is 517 g/mol. The normalized spacial score (nSPS) is 16.3. The quantitative estimate of drug-likeness (QED) is 0.310. The first-order chi connectivity index (χ1) is 14.2. The molecular formula is C23H28IN5O. The number of guanidine groups is 1. The van der Waals surface area contributed by atoms with Gasteiger partial charge in [-0.1, -0.05) is 30.3 Å². The second-order valence-electron chi connectivity index (χ2n) is 7.34. The van der Waals surface area contributed by atoms with Crippen LogP contribution in [-0.4, -0.2) is 40.8 Å². The Bertz CT molecular complexity index is 972. The molecule has 0 saturated carbocycles. The number of benzene rings is 2. The highest BCUT2D eigenvalue weighted by atomic mass is 127. The summed E-state index contributed by atoms with van der Waals surface area (Å²) >= 11 is 0. The Labute approximate surface area is 195 Å². The molecule has 1 fully saturated rings. The Balaban J connectivity index is 0.00000256. The molecular weight excluding hydrogens is 489 g/mol. The fourth-order valence-electron chi connectivity index (χ4n) is 3.73. The molecule has 1 aliphatic rings. The van der Waals surface area contributed by atoms with Gasteiger partial charge in [-0.2, -0.15) is 5.10 Å². The molecule has 1 aliphatic heterocycles. The fraction of sp³-hybridized carbons (Fsp3) is 0.304. The lowest BCUT2D eigenvalue weighted by molar-refractivity contribution is 0.479. The molecule has 2 heterocycles. The van der Waals surface area contributed by atoms with Crippen molar-refractivity contribution in [1.29, 1.82) is 0 Å². The third-order valence-electron chi connectivity index (χ3n) is 5.22. The van der Waals surface area contributed by atoms with E-state index in [1.165, 1.54) is 5.56 Å². The molecule has 2 aromatic carbocycles. The van der Waals surface area contributed by atoms with Gasteiger partial charge in [0, 0.05) is 45.8 Å². The van der Waals surface area contributed by atoms with Crippen LogP contribution in [0.5, 0.6) is 11.5 Å². The predicted octanol–water partition coefficient (Wildman–Crippen LogP) is 4.40. The summed E-state index contributed by atoms with van der Waals surface area (Å²) in [5.41, 5.74) is 2.46. The molecule has 1 saturated heterocycles. The molecule has 7 heteroatoms. The Morgan fingerprint density at radius 3 is 2.70 bits per heavy atom. The van der Waals surface area contributed by atoms with Crippen molar-refractivity contribution in [3.05, 3.63) is 78.1 Å². The van der Waals surface area contributed by atoms with E-state index in [0.717, 1.165) is 42.5 Å². The number of hydrogen-bond donors (Lipinski definition) is 1. The lowest BCUT2D eigenvalue weighted by Gasteiger charge is -2.21. The highest BCUT2D eigenvalue weighted by molar-refractivity contribution is 14.0. The van der Waals surface area contributed by atoms with Crippen LogP contribution in [-0.2, 0) is 13.6 Å². The van der Waals surface area contributed by atoms with Crippen LogP contribution in [0, 0.1) is 0 Å². The molecule has 4 rings (SSSR count). The van der Waals surface area contributed by atoms with Gasteiger partial charge in [0.2, 0.25) is 0 Å². The SMILES string of the molecule is CN=C(NCc1cccc(Oc2ccccc2)c1)N1CCC(c2cnn(C)c2)C1.I. The minimum Gasteiger partial charge on any atom is -0.457 e. The third-order valence-corrected chi connectivity index (χ3v) is 5.22. The van der Waals surface area contributed by atoms with Crippen LogP contribution >= 0.6 is 24.0 Å². The first kappa shape index (κ1) is 22.1. The van der Waals surface area contributed by atoms with E-state index >= 15 is 0 Å². The smallest absolute Gasteiger partial charge is 0.193 e. The third kappa shape index (κ3) is 5.53. The van der Waals surface area contributed by atoms with E-state index in [1.54, 1.807) is 0 Å². The zero-order valence-electron chi connectivity index (χ0n) is 17.4. The van der Waals surface area contributed by atoms with E-state index in [2.05, 4.69) is 38.6 Å². The number of likely N-dealkylation sites (tertiary alicyclic amines) is 1. The molecule has 0 spiro atoms. The molecule has 1 unspecified atom stereocenters. The summed E-state index contributed by atoms with van der Waals surface area (Å²) in [5.74, 6) is 3.12. The van der Waals surface area contributed by atoms with Crippen molar-refractivity contribution in [2.45, 2.75) is 18.9 Å². The first-order valence-corrected chi connectivity index (χ1v) is 9.97. The number of aliphatic imine (C=N–C) groups is 1. The Morgan fingerprint density at radius 2 is 1.97 bits per heavy atom. The van der Waals surface area contributed by atoms with Crippen LogP contribution in [0.25, 0.3) is 0 Å². The Morgan fingerprint density at radius 1 is 1.17 bits per heavy atom. The maximum atomic E-state index is 5.94. The number of halogens is 1. The average Bonchev–Trinajstić information content (AvgIpc) is 3.39. The van der Waals surface area contributed by atoms with Crippen molar-refractivity contribution < 1.29 is 4.74 Å². The van der Waals surface area contributed by atoms with Crippen molar-refractivity contribution in [2.24, 2.45) is 12.0 Å². The van der Waals surface area contributed by atoms with Gasteiger partial charge in [-0.05, 0) is 41.8 Å². The number of aryl methyl sites for hydroxylation is 1. The van der Waals surface area contributed by atoms with E-state index in [0.29, 0.717) is 12.5 Å². The van der Waals surface area contributed by atoms with Crippen LogP contribution in [0.2, 0.25) is 0 Å².